The molecule has 0 aliphatic carbocycles. The van der Waals surface area contributed by atoms with Crippen LogP contribution in [-0.2, 0) is 0 Å². The second-order valence-corrected chi connectivity index (χ2v) is 6.85. The standard InChI is InChI=1S/C15H17BrOS/c1-3-10(2)11-4-6-12(7-5-11)15(17)13-8-14(16)18-9-13/h4-10,15,17H,3H2,1-2H3. The molecular formula is C15H17BrOS. The molecule has 2 unspecified atom stereocenters. The van der Waals surface area contributed by atoms with E-state index >= 15 is 0 Å². The summed E-state index contributed by atoms with van der Waals surface area (Å²) < 4.78 is 1.05. The van der Waals surface area contributed by atoms with Gasteiger partial charge in [0.25, 0.3) is 0 Å². The van der Waals surface area contributed by atoms with E-state index in [0.717, 1.165) is 21.3 Å². The van der Waals surface area contributed by atoms with Gasteiger partial charge in [0.15, 0.2) is 0 Å². The van der Waals surface area contributed by atoms with E-state index in [1.54, 1.807) is 11.3 Å². The van der Waals surface area contributed by atoms with E-state index in [0.29, 0.717) is 5.92 Å². The van der Waals surface area contributed by atoms with Gasteiger partial charge in [-0.05, 0) is 56.4 Å². The van der Waals surface area contributed by atoms with Gasteiger partial charge in [-0.2, -0.15) is 0 Å². The van der Waals surface area contributed by atoms with Crippen LogP contribution in [0.1, 0.15) is 49.0 Å². The van der Waals surface area contributed by atoms with E-state index in [2.05, 4.69) is 41.9 Å². The molecule has 2 aromatic rings. The summed E-state index contributed by atoms with van der Waals surface area (Å²) in [4.78, 5) is 0. The van der Waals surface area contributed by atoms with Gasteiger partial charge in [0.05, 0.1) is 3.79 Å². The molecule has 0 fully saturated rings. The van der Waals surface area contributed by atoms with Gasteiger partial charge in [-0.3, -0.25) is 0 Å². The zero-order valence-corrected chi connectivity index (χ0v) is 13.0. The highest BCUT2D eigenvalue weighted by Gasteiger charge is 2.12. The van der Waals surface area contributed by atoms with Crippen LogP contribution < -0.4 is 0 Å². The number of benzene rings is 1. The lowest BCUT2D eigenvalue weighted by atomic mass is 9.95. The molecule has 1 heterocycles. The second-order valence-electron chi connectivity index (χ2n) is 4.56. The highest BCUT2D eigenvalue weighted by atomic mass is 79.9. The lowest BCUT2D eigenvalue weighted by Crippen LogP contribution is -1.99. The zero-order chi connectivity index (χ0) is 13.1. The Kier molecular flexibility index (Phi) is 4.60. The fraction of sp³-hybridized carbons (Fsp3) is 0.333. The van der Waals surface area contributed by atoms with Crippen molar-refractivity contribution < 1.29 is 5.11 Å². The summed E-state index contributed by atoms with van der Waals surface area (Å²) in [5.74, 6) is 0.575. The third-order valence-electron chi connectivity index (χ3n) is 3.34. The van der Waals surface area contributed by atoms with Crippen molar-refractivity contribution in [3.63, 3.8) is 0 Å². The van der Waals surface area contributed by atoms with E-state index < -0.39 is 6.10 Å². The van der Waals surface area contributed by atoms with Crippen molar-refractivity contribution in [1.82, 2.24) is 0 Å². The molecule has 0 saturated carbocycles. The largest absolute Gasteiger partial charge is 0.384 e. The topological polar surface area (TPSA) is 20.2 Å². The molecule has 96 valence electrons. The molecule has 2 rings (SSSR count). The Labute approximate surface area is 121 Å². The van der Waals surface area contributed by atoms with Gasteiger partial charge in [-0.1, -0.05) is 38.1 Å². The maximum atomic E-state index is 10.3. The molecule has 0 amide bonds. The van der Waals surface area contributed by atoms with Crippen LogP contribution in [0.5, 0.6) is 0 Å². The number of aliphatic hydroxyl groups is 1. The maximum Gasteiger partial charge on any atom is 0.105 e. The molecule has 0 radical (unpaired) electrons. The Morgan fingerprint density at radius 3 is 2.28 bits per heavy atom. The molecule has 1 N–H and O–H groups in total. The molecule has 0 aliphatic rings. The molecule has 2 atom stereocenters. The van der Waals surface area contributed by atoms with Crippen LogP contribution in [0.4, 0.5) is 0 Å². The summed E-state index contributed by atoms with van der Waals surface area (Å²) in [5.41, 5.74) is 3.23. The minimum absolute atomic E-state index is 0.529. The van der Waals surface area contributed by atoms with Gasteiger partial charge in [0.2, 0.25) is 0 Å². The van der Waals surface area contributed by atoms with Crippen molar-refractivity contribution in [1.29, 1.82) is 0 Å². The van der Waals surface area contributed by atoms with Gasteiger partial charge in [-0.25, -0.2) is 0 Å². The van der Waals surface area contributed by atoms with Crippen molar-refractivity contribution in [2.45, 2.75) is 32.3 Å². The normalized spacial score (nSPS) is 14.4. The van der Waals surface area contributed by atoms with Crippen LogP contribution in [0.2, 0.25) is 0 Å². The molecule has 0 saturated heterocycles. The summed E-state index contributed by atoms with van der Waals surface area (Å²) in [5, 5.41) is 12.3. The molecule has 0 spiro atoms. The van der Waals surface area contributed by atoms with Crippen molar-refractivity contribution in [2.24, 2.45) is 0 Å². The van der Waals surface area contributed by atoms with Crippen LogP contribution in [0.3, 0.4) is 0 Å². The maximum absolute atomic E-state index is 10.3. The highest BCUT2D eigenvalue weighted by molar-refractivity contribution is 9.11. The fourth-order valence-electron chi connectivity index (χ4n) is 1.90. The fourth-order valence-corrected chi connectivity index (χ4v) is 3.10. The quantitative estimate of drug-likeness (QED) is 0.828. The van der Waals surface area contributed by atoms with Crippen molar-refractivity contribution >= 4 is 27.3 Å². The smallest absolute Gasteiger partial charge is 0.105 e. The first-order valence-electron chi connectivity index (χ1n) is 6.13. The molecule has 18 heavy (non-hydrogen) atoms. The summed E-state index contributed by atoms with van der Waals surface area (Å²) in [6.45, 7) is 4.41. The Morgan fingerprint density at radius 1 is 1.17 bits per heavy atom. The van der Waals surface area contributed by atoms with Gasteiger partial charge in [-0.15, -0.1) is 11.3 Å². The van der Waals surface area contributed by atoms with Crippen molar-refractivity contribution in [3.8, 4) is 0 Å². The molecule has 1 aromatic carbocycles. The van der Waals surface area contributed by atoms with Crippen molar-refractivity contribution in [3.05, 3.63) is 56.2 Å². The first-order valence-corrected chi connectivity index (χ1v) is 7.81. The molecule has 3 heteroatoms. The Hall–Kier alpha value is -0.640. The average molecular weight is 325 g/mol. The first-order chi connectivity index (χ1) is 8.61. The van der Waals surface area contributed by atoms with Crippen LogP contribution in [0, 0.1) is 0 Å². The van der Waals surface area contributed by atoms with E-state index in [-0.39, 0.29) is 0 Å². The minimum Gasteiger partial charge on any atom is -0.384 e. The minimum atomic E-state index is -0.529. The average Bonchev–Trinajstić information content (AvgIpc) is 2.84. The van der Waals surface area contributed by atoms with E-state index in [4.69, 9.17) is 0 Å². The summed E-state index contributed by atoms with van der Waals surface area (Å²) in [7, 11) is 0. The Morgan fingerprint density at radius 2 is 1.78 bits per heavy atom. The highest BCUT2D eigenvalue weighted by Crippen LogP contribution is 2.30. The predicted octanol–water partition coefficient (Wildman–Crippen LogP) is 5.11. The van der Waals surface area contributed by atoms with E-state index in [1.807, 2.05) is 23.6 Å². The number of aliphatic hydroxyl groups excluding tert-OH is 1. The third-order valence-corrected chi connectivity index (χ3v) is 4.86. The third kappa shape index (κ3) is 3.02. The number of rotatable bonds is 4. The van der Waals surface area contributed by atoms with Crippen LogP contribution in [0.15, 0.2) is 39.5 Å². The number of thiophene rings is 1. The second kappa shape index (κ2) is 6.00. The van der Waals surface area contributed by atoms with Crippen LogP contribution in [-0.4, -0.2) is 5.11 Å². The predicted molar refractivity (Wildman–Crippen MR) is 81.2 cm³/mol. The monoisotopic (exact) mass is 324 g/mol. The van der Waals surface area contributed by atoms with Crippen molar-refractivity contribution in [2.75, 3.05) is 0 Å². The summed E-state index contributed by atoms with van der Waals surface area (Å²) in [6.07, 6.45) is 0.609. The summed E-state index contributed by atoms with van der Waals surface area (Å²) in [6, 6.07) is 10.3. The van der Waals surface area contributed by atoms with Gasteiger partial charge in [0, 0.05) is 0 Å². The lowest BCUT2D eigenvalue weighted by molar-refractivity contribution is 0.221. The van der Waals surface area contributed by atoms with Gasteiger partial charge < -0.3 is 5.11 Å². The van der Waals surface area contributed by atoms with E-state index in [1.165, 1.54) is 5.56 Å². The molecule has 1 aromatic heterocycles. The molecular weight excluding hydrogens is 308 g/mol. The Bertz CT molecular complexity index is 503. The lowest BCUT2D eigenvalue weighted by Gasteiger charge is -2.12. The zero-order valence-electron chi connectivity index (χ0n) is 10.6. The Balaban J connectivity index is 2.19. The number of hydrogen-bond donors (Lipinski definition) is 1. The van der Waals surface area contributed by atoms with Gasteiger partial charge in [0.1, 0.15) is 6.10 Å². The van der Waals surface area contributed by atoms with E-state index in [9.17, 15) is 5.11 Å². The summed E-state index contributed by atoms with van der Waals surface area (Å²) >= 11 is 5.02. The molecule has 0 aliphatic heterocycles. The van der Waals surface area contributed by atoms with Crippen LogP contribution >= 0.6 is 27.3 Å². The van der Waals surface area contributed by atoms with Gasteiger partial charge >= 0.3 is 0 Å². The molecule has 0 bridgehead atoms. The first kappa shape index (κ1) is 13.8. The molecule has 1 nitrogen and oxygen atoms in total. The SMILES string of the molecule is CCC(C)c1ccc(C(O)c2csc(Br)c2)cc1. The van der Waals surface area contributed by atoms with Crippen LogP contribution in [0.25, 0.3) is 0 Å². The number of halogens is 1. The number of hydrogen-bond acceptors (Lipinski definition) is 2.